The lowest BCUT2D eigenvalue weighted by atomic mass is 10.0. The van der Waals surface area contributed by atoms with Gasteiger partial charge >= 0.3 is 39.5 Å². The van der Waals surface area contributed by atoms with Crippen LogP contribution >= 0.6 is 15.6 Å². The van der Waals surface area contributed by atoms with Crippen LogP contribution < -0.4 is 0 Å². The molecule has 0 rings (SSSR count). The van der Waals surface area contributed by atoms with Crippen LogP contribution in [0.2, 0.25) is 0 Å². The van der Waals surface area contributed by atoms with Crippen LogP contribution in [-0.2, 0) is 65.4 Å². The van der Waals surface area contributed by atoms with E-state index in [1.54, 1.807) is 0 Å². The van der Waals surface area contributed by atoms with Crippen LogP contribution in [-0.4, -0.2) is 96.7 Å². The van der Waals surface area contributed by atoms with Gasteiger partial charge in [0, 0.05) is 25.7 Å². The highest BCUT2D eigenvalue weighted by Gasteiger charge is 2.30. The number of carbonyl (C=O) groups excluding carboxylic acids is 4. The molecule has 0 aliphatic rings. The number of carbonyl (C=O) groups is 4. The van der Waals surface area contributed by atoms with E-state index in [-0.39, 0.29) is 25.7 Å². The number of ether oxygens (including phenoxy) is 4. The fourth-order valence-corrected chi connectivity index (χ4v) is 12.4. The minimum absolute atomic E-state index is 0.0783. The van der Waals surface area contributed by atoms with Gasteiger partial charge in [0.15, 0.2) is 12.2 Å². The molecule has 0 aromatic rings. The molecule has 17 nitrogen and oxygen atoms in total. The number of aliphatic hydroxyl groups excluding tert-OH is 1. The molecule has 96 heavy (non-hydrogen) atoms. The number of aliphatic hydroxyl groups is 1. The number of allylic oxidation sites excluding steroid dienone is 8. The van der Waals surface area contributed by atoms with Crippen LogP contribution in [0.5, 0.6) is 0 Å². The molecule has 0 saturated carbocycles. The van der Waals surface area contributed by atoms with Crippen molar-refractivity contribution in [3.8, 4) is 0 Å². The maximum Gasteiger partial charge on any atom is 0.472 e. The van der Waals surface area contributed by atoms with E-state index in [4.69, 9.17) is 37.0 Å². The summed E-state index contributed by atoms with van der Waals surface area (Å²) in [7, 11) is -9.94. The van der Waals surface area contributed by atoms with E-state index < -0.39 is 97.5 Å². The smallest absolute Gasteiger partial charge is 0.462 e. The number of hydrogen-bond acceptors (Lipinski definition) is 15. The summed E-state index contributed by atoms with van der Waals surface area (Å²) < 4.78 is 68.5. The molecular formula is C77H142O17P2. The van der Waals surface area contributed by atoms with E-state index >= 15 is 0 Å². The van der Waals surface area contributed by atoms with Gasteiger partial charge < -0.3 is 33.8 Å². The maximum absolute atomic E-state index is 13.1. The number of hydrogen-bond donors (Lipinski definition) is 3. The van der Waals surface area contributed by atoms with Crippen molar-refractivity contribution >= 4 is 39.5 Å². The molecule has 0 fully saturated rings. The monoisotopic (exact) mass is 1400 g/mol. The predicted molar refractivity (Wildman–Crippen MR) is 390 cm³/mol. The average Bonchev–Trinajstić information content (AvgIpc) is 1.36. The molecule has 0 spiro atoms. The molecule has 562 valence electrons. The van der Waals surface area contributed by atoms with E-state index in [2.05, 4.69) is 83.2 Å². The summed E-state index contributed by atoms with van der Waals surface area (Å²) in [6, 6.07) is 0. The summed E-state index contributed by atoms with van der Waals surface area (Å²) >= 11 is 0. The zero-order valence-corrected chi connectivity index (χ0v) is 63.3. The highest BCUT2D eigenvalue weighted by Crippen LogP contribution is 2.45. The molecular weight excluding hydrogens is 1260 g/mol. The molecule has 0 bridgehead atoms. The Labute approximate surface area is 585 Å². The van der Waals surface area contributed by atoms with E-state index in [1.165, 1.54) is 148 Å². The molecule has 0 aromatic carbocycles. The summed E-state index contributed by atoms with van der Waals surface area (Å²) in [5.41, 5.74) is 0. The van der Waals surface area contributed by atoms with Gasteiger partial charge in [0.1, 0.15) is 19.3 Å². The van der Waals surface area contributed by atoms with Crippen molar-refractivity contribution in [3.05, 3.63) is 48.6 Å². The Morgan fingerprint density at radius 1 is 0.323 bits per heavy atom. The standard InChI is InChI=1S/C77H142O17P2/c1-6-9-12-15-18-21-24-26-28-30-36-41-46-51-56-61-75(80)88-67-73(93-76(81)62-57-52-47-42-37-31-29-27-25-22-19-16-13-10-7-2)69-92-96(85,86)90-65-71(78)64-89-95(83,84)91-68-72(66-87-74(79)60-55-50-45-40-34-23-20-17-14-11-8-3)94-77(82)63-58-53-48-43-38-33-32-35-39-44-49-54-59-70(4)5/h21-22,24-29,70-73,78H,6-20,23,30-69H2,1-5H3,(H,83,84)(H,85,86)/b24-21-,25-22-,28-26-,29-27-/t71-,72+,73+/m0/s1. The zero-order chi connectivity index (χ0) is 70.5. The largest absolute Gasteiger partial charge is 0.472 e. The highest BCUT2D eigenvalue weighted by atomic mass is 31.2. The Hall–Kier alpha value is -2.98. The second-order valence-corrected chi connectivity index (χ2v) is 29.8. The Morgan fingerprint density at radius 2 is 0.562 bits per heavy atom. The second-order valence-electron chi connectivity index (χ2n) is 26.8. The van der Waals surface area contributed by atoms with Gasteiger partial charge in [-0.15, -0.1) is 0 Å². The Balaban J connectivity index is 5.33. The number of phosphoric ester groups is 2. The van der Waals surface area contributed by atoms with Gasteiger partial charge in [0.25, 0.3) is 0 Å². The third kappa shape index (κ3) is 69.5. The summed E-state index contributed by atoms with van der Waals surface area (Å²) in [5, 5.41) is 10.6. The minimum Gasteiger partial charge on any atom is -0.462 e. The first-order valence-electron chi connectivity index (χ1n) is 38.8. The molecule has 19 heteroatoms. The van der Waals surface area contributed by atoms with Crippen molar-refractivity contribution in [2.45, 2.75) is 374 Å². The van der Waals surface area contributed by atoms with Crippen molar-refractivity contribution in [2.24, 2.45) is 5.92 Å². The molecule has 3 N–H and O–H groups in total. The number of rotatable bonds is 73. The van der Waals surface area contributed by atoms with Gasteiger partial charge in [-0.05, 0) is 83.0 Å². The van der Waals surface area contributed by atoms with E-state index in [0.29, 0.717) is 25.7 Å². The van der Waals surface area contributed by atoms with Crippen molar-refractivity contribution in [3.63, 3.8) is 0 Å². The number of esters is 4. The lowest BCUT2D eigenvalue weighted by Crippen LogP contribution is -2.30. The number of unbranched alkanes of at least 4 members (excludes halogenated alkanes) is 39. The van der Waals surface area contributed by atoms with E-state index in [0.717, 1.165) is 128 Å². The quantitative estimate of drug-likeness (QED) is 0.0169. The predicted octanol–water partition coefficient (Wildman–Crippen LogP) is 22.0. The highest BCUT2D eigenvalue weighted by molar-refractivity contribution is 7.47. The fraction of sp³-hybridized carbons (Fsp3) is 0.844. The van der Waals surface area contributed by atoms with Crippen molar-refractivity contribution in [2.75, 3.05) is 39.6 Å². The molecule has 0 aliphatic heterocycles. The third-order valence-electron chi connectivity index (χ3n) is 16.8. The van der Waals surface area contributed by atoms with Crippen LogP contribution in [0.3, 0.4) is 0 Å². The van der Waals surface area contributed by atoms with E-state index in [1.807, 2.05) is 0 Å². The lowest BCUT2D eigenvalue weighted by Gasteiger charge is -2.21. The molecule has 5 atom stereocenters. The molecule has 0 amide bonds. The topological polar surface area (TPSA) is 237 Å². The van der Waals surface area contributed by atoms with Gasteiger partial charge in [-0.1, -0.05) is 302 Å². The molecule has 0 heterocycles. The first kappa shape index (κ1) is 93.0. The van der Waals surface area contributed by atoms with Gasteiger partial charge in [-0.25, -0.2) is 9.13 Å². The molecule has 2 unspecified atom stereocenters. The summed E-state index contributed by atoms with van der Waals surface area (Å²) in [6.07, 6.45) is 63.9. The van der Waals surface area contributed by atoms with Crippen LogP contribution in [0, 0.1) is 5.92 Å². The first-order valence-corrected chi connectivity index (χ1v) is 41.8. The van der Waals surface area contributed by atoms with Gasteiger partial charge in [-0.3, -0.25) is 37.3 Å². The van der Waals surface area contributed by atoms with Gasteiger partial charge in [0.2, 0.25) is 0 Å². The Kier molecular flexibility index (Phi) is 67.0. The fourth-order valence-electron chi connectivity index (χ4n) is 10.8. The second kappa shape index (κ2) is 69.1. The minimum atomic E-state index is -4.97. The van der Waals surface area contributed by atoms with Crippen molar-refractivity contribution in [1.82, 2.24) is 0 Å². The average molecular weight is 1400 g/mol. The normalized spacial score (nSPS) is 14.3. The molecule has 0 aliphatic carbocycles. The summed E-state index contributed by atoms with van der Waals surface area (Å²) in [6.45, 7) is 7.17. The number of phosphoric acid groups is 2. The molecule has 0 radical (unpaired) electrons. The van der Waals surface area contributed by atoms with E-state index in [9.17, 15) is 43.2 Å². The Morgan fingerprint density at radius 3 is 0.854 bits per heavy atom. The summed E-state index contributed by atoms with van der Waals surface area (Å²) in [5.74, 6) is -1.40. The van der Waals surface area contributed by atoms with Gasteiger partial charge in [0.05, 0.1) is 26.4 Å². The van der Waals surface area contributed by atoms with Crippen LogP contribution in [0.15, 0.2) is 48.6 Å². The molecule has 0 aromatic heterocycles. The SMILES string of the molecule is CCCCCC/C=C\C=C/CCCCCCCC(=O)OC[C@H](COP(=O)(O)OC[C@@H](O)COP(=O)(O)OC[C@@H](COC(=O)CCCCCCCCCCCCC)OC(=O)CCCCCCCCCCCCCCC(C)C)OC(=O)CCCCCCC/C=C\C=C/CCCCCC. The van der Waals surface area contributed by atoms with Crippen LogP contribution in [0.4, 0.5) is 0 Å². The first-order chi connectivity index (χ1) is 46.5. The third-order valence-corrected chi connectivity index (χ3v) is 18.7. The molecule has 0 saturated heterocycles. The van der Waals surface area contributed by atoms with Crippen LogP contribution in [0.1, 0.15) is 356 Å². The zero-order valence-electron chi connectivity index (χ0n) is 61.5. The van der Waals surface area contributed by atoms with Crippen molar-refractivity contribution in [1.29, 1.82) is 0 Å². The summed E-state index contributed by atoms with van der Waals surface area (Å²) in [4.78, 5) is 72.8. The van der Waals surface area contributed by atoms with Gasteiger partial charge in [-0.2, -0.15) is 0 Å². The van der Waals surface area contributed by atoms with Crippen molar-refractivity contribution < 1.29 is 80.2 Å². The maximum atomic E-state index is 13.1. The Bertz CT molecular complexity index is 2030. The van der Waals surface area contributed by atoms with Crippen LogP contribution in [0.25, 0.3) is 0 Å². The lowest BCUT2D eigenvalue weighted by molar-refractivity contribution is -0.161.